The molecule has 0 saturated heterocycles. The van der Waals surface area contributed by atoms with Gasteiger partial charge in [-0.05, 0) is 12.1 Å². The molecule has 0 aliphatic rings. The summed E-state index contributed by atoms with van der Waals surface area (Å²) in [6, 6.07) is 3.24. The second kappa shape index (κ2) is 4.46. The van der Waals surface area contributed by atoms with Gasteiger partial charge < -0.3 is 4.40 Å². The number of fused-ring (bicyclic) bond motifs is 1. The van der Waals surface area contributed by atoms with Gasteiger partial charge in [-0.3, -0.25) is 0 Å². The van der Waals surface area contributed by atoms with E-state index in [1.54, 1.807) is 35.3 Å². The monoisotopic (exact) mass is 253 g/mol. The van der Waals surface area contributed by atoms with E-state index in [4.69, 9.17) is 0 Å². The lowest BCUT2D eigenvalue weighted by molar-refractivity contribution is 0.445. The van der Waals surface area contributed by atoms with Gasteiger partial charge in [-0.15, -0.1) is 0 Å². The maximum atomic E-state index is 12.3. The van der Waals surface area contributed by atoms with E-state index in [0.717, 1.165) is 5.52 Å². The third kappa shape index (κ3) is 2.05. The van der Waals surface area contributed by atoms with Gasteiger partial charge in [-0.1, -0.05) is 13.8 Å². The van der Waals surface area contributed by atoms with Gasteiger partial charge in [0.05, 0.1) is 22.9 Å². The number of imidazole rings is 1. The van der Waals surface area contributed by atoms with Crippen LogP contribution in [-0.2, 0) is 10.0 Å². The van der Waals surface area contributed by atoms with Gasteiger partial charge in [0.15, 0.2) is 0 Å². The van der Waals surface area contributed by atoms with E-state index >= 15 is 0 Å². The van der Waals surface area contributed by atoms with Crippen molar-refractivity contribution in [1.82, 2.24) is 13.7 Å². The minimum Gasteiger partial charge on any atom is -0.306 e. The van der Waals surface area contributed by atoms with Crippen molar-refractivity contribution in [3.05, 3.63) is 30.9 Å². The van der Waals surface area contributed by atoms with Crippen LogP contribution in [0.1, 0.15) is 13.8 Å². The molecule has 0 bridgehead atoms. The third-order valence-electron chi connectivity index (χ3n) is 2.73. The van der Waals surface area contributed by atoms with Crippen LogP contribution >= 0.6 is 0 Å². The summed E-state index contributed by atoms with van der Waals surface area (Å²) in [5.41, 5.74) is 0.776. The predicted octanol–water partition coefficient (Wildman–Crippen LogP) is 1.36. The minimum atomic E-state index is -3.38. The molecule has 0 fully saturated rings. The van der Waals surface area contributed by atoms with Gasteiger partial charge >= 0.3 is 0 Å². The highest BCUT2D eigenvalue weighted by atomic mass is 32.2. The Bertz CT molecular complexity index is 614. The number of hydrogen-bond donors (Lipinski definition) is 0. The fourth-order valence-corrected chi connectivity index (χ4v) is 3.25. The zero-order chi connectivity index (χ0) is 12.5. The number of aromatic nitrogens is 2. The van der Waals surface area contributed by atoms with E-state index in [1.807, 2.05) is 13.8 Å². The van der Waals surface area contributed by atoms with Crippen LogP contribution in [0.15, 0.2) is 35.7 Å². The van der Waals surface area contributed by atoms with Gasteiger partial charge in [-0.2, -0.15) is 4.31 Å². The molecule has 0 saturated carbocycles. The molecule has 2 heterocycles. The van der Waals surface area contributed by atoms with Crippen molar-refractivity contribution < 1.29 is 8.42 Å². The van der Waals surface area contributed by atoms with Crippen molar-refractivity contribution in [3.8, 4) is 0 Å². The maximum absolute atomic E-state index is 12.3. The molecule has 2 aromatic rings. The van der Waals surface area contributed by atoms with E-state index in [0.29, 0.717) is 18.0 Å². The van der Waals surface area contributed by atoms with Crippen LogP contribution in [-0.4, -0.2) is 35.2 Å². The second-order valence-electron chi connectivity index (χ2n) is 3.68. The van der Waals surface area contributed by atoms with Crippen molar-refractivity contribution in [2.24, 2.45) is 0 Å². The number of sulfonamides is 1. The molecule has 0 spiro atoms. The summed E-state index contributed by atoms with van der Waals surface area (Å²) in [6.07, 6.45) is 4.99. The molecule has 2 aromatic heterocycles. The van der Waals surface area contributed by atoms with Gasteiger partial charge in [0, 0.05) is 19.3 Å². The van der Waals surface area contributed by atoms with Crippen molar-refractivity contribution >= 4 is 15.5 Å². The fourth-order valence-electron chi connectivity index (χ4n) is 1.77. The summed E-state index contributed by atoms with van der Waals surface area (Å²) >= 11 is 0. The van der Waals surface area contributed by atoms with Crippen molar-refractivity contribution in [2.75, 3.05) is 13.1 Å². The zero-order valence-electron chi connectivity index (χ0n) is 9.87. The van der Waals surface area contributed by atoms with Crippen LogP contribution < -0.4 is 0 Å². The molecule has 6 heteroatoms. The average Bonchev–Trinajstić information content (AvgIpc) is 2.77. The van der Waals surface area contributed by atoms with Gasteiger partial charge in [0.25, 0.3) is 0 Å². The van der Waals surface area contributed by atoms with E-state index in [2.05, 4.69) is 4.98 Å². The Morgan fingerprint density at radius 1 is 1.35 bits per heavy atom. The normalized spacial score (nSPS) is 12.4. The Morgan fingerprint density at radius 2 is 2.06 bits per heavy atom. The maximum Gasteiger partial charge on any atom is 0.243 e. The summed E-state index contributed by atoms with van der Waals surface area (Å²) in [6.45, 7) is 4.61. The molecule has 92 valence electrons. The van der Waals surface area contributed by atoms with E-state index in [-0.39, 0.29) is 0 Å². The molecule has 0 aromatic carbocycles. The second-order valence-corrected chi connectivity index (χ2v) is 5.62. The molecule has 5 nitrogen and oxygen atoms in total. The van der Waals surface area contributed by atoms with E-state index < -0.39 is 10.0 Å². The van der Waals surface area contributed by atoms with Crippen LogP contribution in [0.2, 0.25) is 0 Å². The number of hydrogen-bond acceptors (Lipinski definition) is 3. The Labute approximate surface area is 101 Å². The van der Waals surface area contributed by atoms with Crippen molar-refractivity contribution in [2.45, 2.75) is 18.7 Å². The molecular weight excluding hydrogens is 238 g/mol. The topological polar surface area (TPSA) is 54.7 Å². The lowest BCUT2D eigenvalue weighted by atomic mass is 10.4. The smallest absolute Gasteiger partial charge is 0.243 e. The molecule has 2 rings (SSSR count). The first-order valence-electron chi connectivity index (χ1n) is 5.51. The van der Waals surface area contributed by atoms with Crippen molar-refractivity contribution in [3.63, 3.8) is 0 Å². The van der Waals surface area contributed by atoms with Crippen molar-refractivity contribution in [1.29, 1.82) is 0 Å². The number of rotatable bonds is 4. The molecular formula is C11H15N3O2S. The van der Waals surface area contributed by atoms with Crippen LogP contribution in [0.4, 0.5) is 0 Å². The lowest BCUT2D eigenvalue weighted by Crippen LogP contribution is -2.30. The number of nitrogens with zero attached hydrogens (tertiary/aromatic N) is 3. The highest BCUT2D eigenvalue weighted by molar-refractivity contribution is 7.89. The Hall–Kier alpha value is -1.40. The first-order chi connectivity index (χ1) is 8.09. The first kappa shape index (κ1) is 12.1. The van der Waals surface area contributed by atoms with Crippen LogP contribution in [0, 0.1) is 0 Å². The predicted molar refractivity (Wildman–Crippen MR) is 65.3 cm³/mol. The standard InChI is InChI=1S/C11H15N3O2S/c1-3-14(4-2)17(15,16)11-5-6-13-9-12-8-10(13)7-11/h5-9H,3-4H2,1-2H3. The molecule has 0 N–H and O–H groups in total. The quantitative estimate of drug-likeness (QED) is 0.826. The molecule has 0 atom stereocenters. The zero-order valence-corrected chi connectivity index (χ0v) is 10.7. The highest BCUT2D eigenvalue weighted by Gasteiger charge is 2.21. The molecule has 0 unspecified atom stereocenters. The number of pyridine rings is 1. The Morgan fingerprint density at radius 3 is 2.71 bits per heavy atom. The largest absolute Gasteiger partial charge is 0.306 e. The summed E-state index contributed by atoms with van der Waals surface area (Å²) < 4.78 is 27.7. The van der Waals surface area contributed by atoms with Crippen LogP contribution in [0.3, 0.4) is 0 Å². The van der Waals surface area contributed by atoms with Crippen LogP contribution in [0.25, 0.3) is 5.52 Å². The highest BCUT2D eigenvalue weighted by Crippen LogP contribution is 2.17. The van der Waals surface area contributed by atoms with Crippen LogP contribution in [0.5, 0.6) is 0 Å². The van der Waals surface area contributed by atoms with E-state index in [1.165, 1.54) is 4.31 Å². The summed E-state index contributed by atoms with van der Waals surface area (Å²) in [5.74, 6) is 0. The Kier molecular flexibility index (Phi) is 3.17. The summed E-state index contributed by atoms with van der Waals surface area (Å²) in [4.78, 5) is 4.28. The Balaban J connectivity index is 2.51. The molecule has 17 heavy (non-hydrogen) atoms. The molecule has 0 amide bonds. The SMILES string of the molecule is CCN(CC)S(=O)(=O)c1ccn2cncc2c1. The van der Waals surface area contributed by atoms with E-state index in [9.17, 15) is 8.42 Å². The van der Waals surface area contributed by atoms with Gasteiger partial charge in [0.1, 0.15) is 0 Å². The fraction of sp³-hybridized carbons (Fsp3) is 0.364. The first-order valence-corrected chi connectivity index (χ1v) is 6.95. The lowest BCUT2D eigenvalue weighted by Gasteiger charge is -2.18. The third-order valence-corrected chi connectivity index (χ3v) is 4.77. The summed E-state index contributed by atoms with van der Waals surface area (Å²) in [5, 5.41) is 0. The summed E-state index contributed by atoms with van der Waals surface area (Å²) in [7, 11) is -3.38. The molecule has 0 aliphatic carbocycles. The molecule has 0 aliphatic heterocycles. The molecule has 0 radical (unpaired) electrons. The minimum absolute atomic E-state index is 0.314. The van der Waals surface area contributed by atoms with Gasteiger partial charge in [-0.25, -0.2) is 13.4 Å². The average molecular weight is 253 g/mol. The van der Waals surface area contributed by atoms with Gasteiger partial charge in [0.2, 0.25) is 10.0 Å².